The SMILES string of the molecule is Nc1c(Cc2ccccc2C(F)(F)F)csc1-n1cncn1. The number of benzene rings is 1. The van der Waals surface area contributed by atoms with E-state index in [9.17, 15) is 13.2 Å². The summed E-state index contributed by atoms with van der Waals surface area (Å²) in [6.45, 7) is 0. The Morgan fingerprint density at radius 3 is 2.64 bits per heavy atom. The average Bonchev–Trinajstić information content (AvgIpc) is 3.09. The first-order chi connectivity index (χ1) is 10.5. The minimum atomic E-state index is -4.38. The second-order valence-corrected chi connectivity index (χ2v) is 5.51. The highest BCUT2D eigenvalue weighted by molar-refractivity contribution is 7.13. The van der Waals surface area contributed by atoms with Gasteiger partial charge >= 0.3 is 6.18 Å². The molecule has 4 nitrogen and oxygen atoms in total. The molecule has 1 aromatic carbocycles. The molecule has 0 aliphatic rings. The number of nitrogens with two attached hydrogens (primary N) is 1. The zero-order chi connectivity index (χ0) is 15.7. The number of aromatic nitrogens is 3. The Hall–Kier alpha value is -2.35. The van der Waals surface area contributed by atoms with E-state index in [1.807, 2.05) is 0 Å². The lowest BCUT2D eigenvalue weighted by Gasteiger charge is -2.12. The average molecular weight is 324 g/mol. The fourth-order valence-electron chi connectivity index (χ4n) is 2.17. The molecule has 0 unspecified atom stereocenters. The molecule has 8 heteroatoms. The third-order valence-electron chi connectivity index (χ3n) is 3.22. The summed E-state index contributed by atoms with van der Waals surface area (Å²) in [6, 6.07) is 5.51. The summed E-state index contributed by atoms with van der Waals surface area (Å²) in [5.41, 5.74) is 6.67. The number of halogens is 3. The van der Waals surface area contributed by atoms with E-state index in [1.54, 1.807) is 11.4 Å². The van der Waals surface area contributed by atoms with Crippen LogP contribution in [0.15, 0.2) is 42.3 Å². The van der Waals surface area contributed by atoms with E-state index in [1.165, 1.54) is 40.8 Å². The van der Waals surface area contributed by atoms with Gasteiger partial charge in [0.2, 0.25) is 0 Å². The quantitative estimate of drug-likeness (QED) is 0.802. The van der Waals surface area contributed by atoms with Crippen LogP contribution in [0.4, 0.5) is 18.9 Å². The molecule has 0 fully saturated rings. The highest BCUT2D eigenvalue weighted by Gasteiger charge is 2.33. The van der Waals surface area contributed by atoms with Gasteiger partial charge in [-0.05, 0) is 22.6 Å². The molecule has 0 spiro atoms. The van der Waals surface area contributed by atoms with Crippen molar-refractivity contribution in [1.82, 2.24) is 14.8 Å². The van der Waals surface area contributed by atoms with Gasteiger partial charge < -0.3 is 5.73 Å². The molecule has 0 aliphatic heterocycles. The van der Waals surface area contributed by atoms with Gasteiger partial charge in [0.05, 0.1) is 11.3 Å². The minimum absolute atomic E-state index is 0.118. The lowest BCUT2D eigenvalue weighted by molar-refractivity contribution is -0.138. The Kier molecular flexibility index (Phi) is 3.61. The van der Waals surface area contributed by atoms with E-state index in [0.29, 0.717) is 16.3 Å². The van der Waals surface area contributed by atoms with Crippen LogP contribution in [-0.2, 0) is 12.6 Å². The number of anilines is 1. The van der Waals surface area contributed by atoms with Crippen molar-refractivity contribution in [2.45, 2.75) is 12.6 Å². The van der Waals surface area contributed by atoms with Crippen LogP contribution in [0.3, 0.4) is 0 Å². The van der Waals surface area contributed by atoms with E-state index in [0.717, 1.165) is 6.07 Å². The van der Waals surface area contributed by atoms with Crippen LogP contribution in [-0.4, -0.2) is 14.8 Å². The van der Waals surface area contributed by atoms with E-state index >= 15 is 0 Å². The maximum atomic E-state index is 13.0. The molecule has 0 aliphatic carbocycles. The molecule has 0 radical (unpaired) electrons. The number of nitrogen functional groups attached to an aromatic ring is 1. The zero-order valence-electron chi connectivity index (χ0n) is 11.2. The van der Waals surface area contributed by atoms with Crippen LogP contribution >= 0.6 is 11.3 Å². The summed E-state index contributed by atoms with van der Waals surface area (Å²) in [5, 5.41) is 6.38. The van der Waals surface area contributed by atoms with Gasteiger partial charge in [-0.2, -0.15) is 18.3 Å². The second-order valence-electron chi connectivity index (χ2n) is 4.65. The molecule has 3 rings (SSSR count). The molecular formula is C14H11F3N4S. The van der Waals surface area contributed by atoms with Crippen LogP contribution in [0.25, 0.3) is 5.00 Å². The Balaban J connectivity index is 1.96. The van der Waals surface area contributed by atoms with Gasteiger partial charge in [0.25, 0.3) is 0 Å². The maximum absolute atomic E-state index is 13.0. The fraction of sp³-hybridized carbons (Fsp3) is 0.143. The molecule has 0 saturated heterocycles. The van der Waals surface area contributed by atoms with Crippen LogP contribution in [0.1, 0.15) is 16.7 Å². The predicted molar refractivity (Wildman–Crippen MR) is 77.9 cm³/mol. The maximum Gasteiger partial charge on any atom is 0.416 e. The van der Waals surface area contributed by atoms with Crippen molar-refractivity contribution in [3.05, 3.63) is 59.0 Å². The smallest absolute Gasteiger partial charge is 0.396 e. The second kappa shape index (κ2) is 5.45. The first kappa shape index (κ1) is 14.6. The number of thiophene rings is 1. The van der Waals surface area contributed by atoms with Crippen LogP contribution in [0, 0.1) is 0 Å². The van der Waals surface area contributed by atoms with E-state index in [-0.39, 0.29) is 12.0 Å². The molecule has 3 aromatic rings. The van der Waals surface area contributed by atoms with Crippen molar-refractivity contribution in [2.75, 3.05) is 5.73 Å². The van der Waals surface area contributed by atoms with Gasteiger partial charge in [-0.25, -0.2) is 9.67 Å². The van der Waals surface area contributed by atoms with Gasteiger partial charge in [-0.1, -0.05) is 18.2 Å². The molecule has 0 atom stereocenters. The number of rotatable bonds is 3. The molecule has 2 heterocycles. The zero-order valence-corrected chi connectivity index (χ0v) is 12.0. The lowest BCUT2D eigenvalue weighted by Crippen LogP contribution is -2.09. The number of alkyl halides is 3. The van der Waals surface area contributed by atoms with Crippen molar-refractivity contribution in [1.29, 1.82) is 0 Å². The van der Waals surface area contributed by atoms with E-state index in [2.05, 4.69) is 10.1 Å². The van der Waals surface area contributed by atoms with Crippen LogP contribution in [0.5, 0.6) is 0 Å². The largest absolute Gasteiger partial charge is 0.416 e. The summed E-state index contributed by atoms with van der Waals surface area (Å²) in [4.78, 5) is 3.83. The molecule has 114 valence electrons. The van der Waals surface area contributed by atoms with E-state index in [4.69, 9.17) is 5.73 Å². The highest BCUT2D eigenvalue weighted by atomic mass is 32.1. The number of hydrogen-bond donors (Lipinski definition) is 1. The Morgan fingerprint density at radius 1 is 1.18 bits per heavy atom. The molecule has 0 amide bonds. The predicted octanol–water partition coefficient (Wildman–Crippen LogP) is 3.52. The minimum Gasteiger partial charge on any atom is -0.396 e. The highest BCUT2D eigenvalue weighted by Crippen LogP contribution is 2.35. The Labute approximate surface area is 128 Å². The van der Waals surface area contributed by atoms with Crippen molar-refractivity contribution in [3.63, 3.8) is 0 Å². The fourth-order valence-corrected chi connectivity index (χ4v) is 3.10. The standard InChI is InChI=1S/C14H11F3N4S/c15-14(16,17)11-4-2-1-3-9(11)5-10-6-22-13(12(10)18)21-8-19-7-20-21/h1-4,6-8H,5,18H2. The first-order valence-electron chi connectivity index (χ1n) is 6.32. The third kappa shape index (κ3) is 2.69. The third-order valence-corrected chi connectivity index (χ3v) is 4.25. The lowest BCUT2D eigenvalue weighted by atomic mass is 10.0. The van der Waals surface area contributed by atoms with Gasteiger partial charge in [0.1, 0.15) is 17.7 Å². The molecule has 2 N–H and O–H groups in total. The topological polar surface area (TPSA) is 56.7 Å². The summed E-state index contributed by atoms with van der Waals surface area (Å²) < 4.78 is 40.6. The monoisotopic (exact) mass is 324 g/mol. The summed E-state index contributed by atoms with van der Waals surface area (Å²) >= 11 is 1.32. The van der Waals surface area contributed by atoms with Gasteiger partial charge in [-0.3, -0.25) is 0 Å². The molecule has 0 saturated carbocycles. The number of hydrogen-bond acceptors (Lipinski definition) is 4. The van der Waals surface area contributed by atoms with Crippen LogP contribution in [0.2, 0.25) is 0 Å². The molecule has 0 bridgehead atoms. The van der Waals surface area contributed by atoms with Crippen molar-refractivity contribution in [2.24, 2.45) is 0 Å². The molecule has 22 heavy (non-hydrogen) atoms. The molecule has 2 aromatic heterocycles. The Morgan fingerprint density at radius 2 is 1.95 bits per heavy atom. The van der Waals surface area contributed by atoms with Gasteiger partial charge in [-0.15, -0.1) is 11.3 Å². The Bertz CT molecular complexity index is 778. The summed E-state index contributed by atoms with van der Waals surface area (Å²) in [6.07, 6.45) is -1.39. The van der Waals surface area contributed by atoms with E-state index < -0.39 is 11.7 Å². The number of nitrogens with zero attached hydrogens (tertiary/aromatic N) is 3. The first-order valence-corrected chi connectivity index (χ1v) is 7.20. The van der Waals surface area contributed by atoms with Crippen molar-refractivity contribution in [3.8, 4) is 5.00 Å². The normalized spacial score (nSPS) is 11.8. The summed E-state index contributed by atoms with van der Waals surface area (Å²) in [5.74, 6) is 0. The molecular weight excluding hydrogens is 313 g/mol. The van der Waals surface area contributed by atoms with Gasteiger partial charge in [0, 0.05) is 6.42 Å². The summed E-state index contributed by atoms with van der Waals surface area (Å²) in [7, 11) is 0. The van der Waals surface area contributed by atoms with Crippen molar-refractivity contribution >= 4 is 17.0 Å². The van der Waals surface area contributed by atoms with Gasteiger partial charge in [0.15, 0.2) is 0 Å². The van der Waals surface area contributed by atoms with Crippen LogP contribution < -0.4 is 5.73 Å². The van der Waals surface area contributed by atoms with Crippen molar-refractivity contribution < 1.29 is 13.2 Å².